The van der Waals surface area contributed by atoms with Gasteiger partial charge in [-0.1, -0.05) is 0 Å². The molecule has 3 aliphatic carbocycles. The number of benzene rings is 4. The van der Waals surface area contributed by atoms with Crippen LogP contribution in [0.2, 0.25) is 9.36 Å². The van der Waals surface area contributed by atoms with Crippen molar-refractivity contribution in [1.29, 1.82) is 0 Å². The number of allylic oxidation sites excluding steroid dienone is 2. The van der Waals surface area contributed by atoms with Gasteiger partial charge in [0.05, 0.1) is 0 Å². The summed E-state index contributed by atoms with van der Waals surface area (Å²) in [5, 5.41) is 0. The molecule has 0 bridgehead atoms. The molecule has 2 fully saturated rings. The Morgan fingerprint density at radius 1 is 0.543 bits per heavy atom. The van der Waals surface area contributed by atoms with Gasteiger partial charge in [-0.3, -0.25) is 0 Å². The summed E-state index contributed by atoms with van der Waals surface area (Å²) in [5.41, 5.74) is 27.6. The molecule has 4 aromatic rings. The minimum absolute atomic E-state index is 0.205. The van der Waals surface area contributed by atoms with Crippen molar-refractivity contribution in [3.05, 3.63) is 126 Å². The molecule has 1 heterocycles. The van der Waals surface area contributed by atoms with Crippen molar-refractivity contribution in [2.24, 2.45) is 5.41 Å². The van der Waals surface area contributed by atoms with Crippen molar-refractivity contribution >= 4 is 12.2 Å². The number of hydrogen-bond donors (Lipinski definition) is 0. The molecule has 4 aliphatic rings. The summed E-state index contributed by atoms with van der Waals surface area (Å²) in [6.07, 6.45) is 10.9. The van der Waals surface area contributed by atoms with E-state index in [9.17, 15) is 0 Å². The molecule has 234 valence electrons. The summed E-state index contributed by atoms with van der Waals surface area (Å²) in [5.74, 6) is 0. The van der Waals surface area contributed by atoms with Crippen LogP contribution in [0.3, 0.4) is 0 Å². The maximum atomic E-state index is 2.82. The van der Waals surface area contributed by atoms with Crippen LogP contribution in [0, 0.1) is 60.8 Å². The van der Waals surface area contributed by atoms with Gasteiger partial charge < -0.3 is 0 Å². The molecule has 0 nitrogen and oxygen atoms in total. The third-order valence-electron chi connectivity index (χ3n) is 13.4. The summed E-state index contributed by atoms with van der Waals surface area (Å²) in [4.78, 5) is 0. The van der Waals surface area contributed by atoms with Gasteiger partial charge in [0.25, 0.3) is 0 Å². The third kappa shape index (κ3) is 3.93. The molecular formula is C45H50Hf. The van der Waals surface area contributed by atoms with Gasteiger partial charge >= 0.3 is 284 Å². The molecule has 4 aromatic carbocycles. The van der Waals surface area contributed by atoms with E-state index in [2.05, 4.69) is 125 Å². The van der Waals surface area contributed by atoms with E-state index in [1.54, 1.807) is 22.3 Å². The summed E-state index contributed by atoms with van der Waals surface area (Å²) < 4.78 is 6.92. The normalized spacial score (nSPS) is 21.5. The van der Waals surface area contributed by atoms with E-state index in [-0.39, 0.29) is 5.41 Å². The first-order valence-electron chi connectivity index (χ1n) is 17.7. The maximum absolute atomic E-state index is 3.12. The van der Waals surface area contributed by atoms with E-state index >= 15 is 0 Å². The SMILES string of the molecule is Cc1cc(C)c(C)c(-c2cccc3c2C=C2[CH]3[Hf]([CH3])([CH3])[CH]3C(=Cc4c(-c5c(C)c(C)cc(C)c5C)cccc43)C23CCCC3)c1C. The van der Waals surface area contributed by atoms with Crippen LogP contribution in [0.25, 0.3) is 34.4 Å². The zero-order valence-electron chi connectivity index (χ0n) is 29.8. The second kappa shape index (κ2) is 10.4. The predicted molar refractivity (Wildman–Crippen MR) is 196 cm³/mol. The van der Waals surface area contributed by atoms with Crippen molar-refractivity contribution in [3.63, 3.8) is 0 Å². The fourth-order valence-electron chi connectivity index (χ4n) is 10.8. The van der Waals surface area contributed by atoms with Gasteiger partial charge in [-0.15, -0.1) is 0 Å². The average Bonchev–Trinajstić information content (AvgIpc) is 3.76. The van der Waals surface area contributed by atoms with Crippen LogP contribution in [0.1, 0.15) is 99.8 Å². The fraction of sp³-hybridized carbons (Fsp3) is 0.378. The van der Waals surface area contributed by atoms with Gasteiger partial charge in [0, 0.05) is 0 Å². The van der Waals surface area contributed by atoms with Gasteiger partial charge in [-0.05, 0) is 0 Å². The Morgan fingerprint density at radius 3 is 1.28 bits per heavy atom. The third-order valence-corrected chi connectivity index (χ3v) is 28.6. The molecule has 8 rings (SSSR count). The molecule has 1 spiro atoms. The van der Waals surface area contributed by atoms with Crippen LogP contribution in [-0.2, 0) is 20.0 Å². The topological polar surface area (TPSA) is 0 Å². The molecule has 1 saturated carbocycles. The predicted octanol–water partition coefficient (Wildman–Crippen LogP) is 12.9. The molecule has 0 N–H and O–H groups in total. The molecule has 1 heteroatoms. The summed E-state index contributed by atoms with van der Waals surface area (Å²) in [6, 6.07) is 19.5. The first-order valence-corrected chi connectivity index (χ1v) is 29.1. The monoisotopic (exact) mass is 770 g/mol. The van der Waals surface area contributed by atoms with Crippen LogP contribution in [0.4, 0.5) is 0 Å². The van der Waals surface area contributed by atoms with Gasteiger partial charge in [0.2, 0.25) is 0 Å². The molecule has 1 aliphatic heterocycles. The van der Waals surface area contributed by atoms with Crippen LogP contribution in [0.15, 0.2) is 59.7 Å². The van der Waals surface area contributed by atoms with Gasteiger partial charge in [-0.25, -0.2) is 0 Å². The Hall–Kier alpha value is -2.77. The molecule has 1 saturated heterocycles. The van der Waals surface area contributed by atoms with Crippen LogP contribution in [-0.4, -0.2) is 0 Å². The molecule has 0 aromatic heterocycles. The number of aryl methyl sites for hydroxylation is 4. The Kier molecular flexibility index (Phi) is 6.88. The Bertz CT molecular complexity index is 1860. The van der Waals surface area contributed by atoms with Gasteiger partial charge in [0.15, 0.2) is 0 Å². The average molecular weight is 769 g/mol. The first kappa shape index (κ1) is 30.6. The number of fused-ring (bicyclic) bond motifs is 8. The molecule has 46 heavy (non-hydrogen) atoms. The number of hydrogen-bond acceptors (Lipinski definition) is 0. The standard InChI is InChI=1S/C43H44.2CH3.Hf/c1-25-19-26(2)30(6)41(29(25)5)37-15-11-13-33-21-35(23-39(33)37)43(17-9-10-18-43)36-22-34-14-12-16-38(40(34)24-36)42-31(7)27(3)20-28(4)32(42)8;;;/h11-16,19-24H,9-10,17-18H2,1-8H3;2*1H3;. The first-order chi connectivity index (χ1) is 21.9. The summed E-state index contributed by atoms with van der Waals surface area (Å²) in [7, 11) is 0. The van der Waals surface area contributed by atoms with Gasteiger partial charge in [0.1, 0.15) is 0 Å². The molecular weight excluding hydrogens is 719 g/mol. The van der Waals surface area contributed by atoms with Crippen molar-refractivity contribution in [2.45, 2.75) is 97.8 Å². The van der Waals surface area contributed by atoms with Crippen LogP contribution in [0.5, 0.6) is 0 Å². The molecule has 2 atom stereocenters. The number of rotatable bonds is 2. The summed E-state index contributed by atoms with van der Waals surface area (Å²) >= 11 is -3.12. The van der Waals surface area contributed by atoms with E-state index in [4.69, 9.17) is 0 Å². The minimum atomic E-state index is -3.12. The van der Waals surface area contributed by atoms with Crippen LogP contribution >= 0.6 is 0 Å². The van der Waals surface area contributed by atoms with Gasteiger partial charge in [-0.2, -0.15) is 0 Å². The Balaban J connectivity index is 1.38. The fourth-order valence-corrected chi connectivity index (χ4v) is 27.9. The molecule has 0 amide bonds. The quantitative estimate of drug-likeness (QED) is 0.178. The summed E-state index contributed by atoms with van der Waals surface area (Å²) in [6.45, 7) is 18.5. The Morgan fingerprint density at radius 2 is 0.913 bits per heavy atom. The van der Waals surface area contributed by atoms with E-state index < -0.39 is 20.0 Å². The van der Waals surface area contributed by atoms with Crippen LogP contribution < -0.4 is 0 Å². The molecule has 2 unspecified atom stereocenters. The van der Waals surface area contributed by atoms with Crippen molar-refractivity contribution < 1.29 is 20.0 Å². The van der Waals surface area contributed by atoms with Crippen molar-refractivity contribution in [3.8, 4) is 22.3 Å². The van der Waals surface area contributed by atoms with Crippen molar-refractivity contribution in [1.82, 2.24) is 0 Å². The second-order valence-electron chi connectivity index (χ2n) is 16.1. The van der Waals surface area contributed by atoms with Crippen molar-refractivity contribution in [2.75, 3.05) is 0 Å². The zero-order valence-corrected chi connectivity index (χ0v) is 33.3. The molecule has 0 radical (unpaired) electrons. The second-order valence-corrected chi connectivity index (χ2v) is 33.3. The van der Waals surface area contributed by atoms with E-state index in [0.29, 0.717) is 7.35 Å². The van der Waals surface area contributed by atoms with E-state index in [1.165, 1.54) is 92.4 Å². The zero-order chi connectivity index (χ0) is 32.4. The van der Waals surface area contributed by atoms with E-state index in [0.717, 1.165) is 0 Å². The Labute approximate surface area is 282 Å². The van der Waals surface area contributed by atoms with E-state index in [1.807, 2.05) is 11.1 Å².